The Morgan fingerprint density at radius 2 is 2.04 bits per heavy atom. The number of nitrogens with zero attached hydrogens (tertiary/aromatic N) is 4. The fourth-order valence-corrected chi connectivity index (χ4v) is 3.58. The highest BCUT2D eigenvalue weighted by Crippen LogP contribution is 2.35. The number of pyridine rings is 1. The van der Waals surface area contributed by atoms with Crippen LogP contribution in [0.4, 0.5) is 0 Å². The van der Waals surface area contributed by atoms with E-state index in [9.17, 15) is 4.79 Å². The second kappa shape index (κ2) is 6.52. The fraction of sp³-hybridized carbons (Fsp3) is 0.500. The van der Waals surface area contributed by atoms with Crippen molar-refractivity contribution in [2.75, 3.05) is 6.54 Å². The van der Waals surface area contributed by atoms with E-state index >= 15 is 0 Å². The molecule has 5 nitrogen and oxygen atoms in total. The molecule has 0 radical (unpaired) electrons. The van der Waals surface area contributed by atoms with E-state index in [-0.39, 0.29) is 11.9 Å². The molecule has 23 heavy (non-hydrogen) atoms. The maximum absolute atomic E-state index is 12.7. The molecule has 5 heteroatoms. The summed E-state index contributed by atoms with van der Waals surface area (Å²) >= 11 is 0. The summed E-state index contributed by atoms with van der Waals surface area (Å²) in [4.78, 5) is 18.8. The number of aromatic nitrogens is 3. The minimum Gasteiger partial charge on any atom is -0.336 e. The van der Waals surface area contributed by atoms with Crippen LogP contribution in [0.25, 0.3) is 0 Å². The molecule has 1 aliphatic heterocycles. The maximum Gasteiger partial charge on any atom is 0.223 e. The predicted octanol–water partition coefficient (Wildman–Crippen LogP) is 2.73. The Kier molecular flexibility index (Phi) is 4.46. The van der Waals surface area contributed by atoms with Crippen LogP contribution in [0.2, 0.25) is 0 Å². The summed E-state index contributed by atoms with van der Waals surface area (Å²) in [5, 5.41) is 4.51. The van der Waals surface area contributed by atoms with Crippen molar-refractivity contribution < 1.29 is 4.79 Å². The van der Waals surface area contributed by atoms with Gasteiger partial charge in [0.1, 0.15) is 0 Å². The molecule has 0 aromatic carbocycles. The van der Waals surface area contributed by atoms with Crippen LogP contribution in [0.5, 0.6) is 0 Å². The Morgan fingerprint density at radius 1 is 1.30 bits per heavy atom. The summed E-state index contributed by atoms with van der Waals surface area (Å²) in [6, 6.07) is 4.14. The summed E-state index contributed by atoms with van der Waals surface area (Å²) in [7, 11) is 1.97. The molecular weight excluding hydrogens is 288 g/mol. The second-order valence-electron chi connectivity index (χ2n) is 6.31. The van der Waals surface area contributed by atoms with Crippen LogP contribution in [0.1, 0.15) is 47.8 Å². The second-order valence-corrected chi connectivity index (χ2v) is 6.31. The molecule has 0 aliphatic carbocycles. The SMILES string of the molecule is Cc1nn(C)c(C)c1[C@H]1CCCN1C(=O)CCc1ccncc1. The van der Waals surface area contributed by atoms with Crippen LogP contribution < -0.4 is 0 Å². The van der Waals surface area contributed by atoms with E-state index in [0.717, 1.165) is 37.1 Å². The molecule has 122 valence electrons. The molecule has 0 unspecified atom stereocenters. The van der Waals surface area contributed by atoms with Crippen molar-refractivity contribution in [3.63, 3.8) is 0 Å². The number of likely N-dealkylation sites (tertiary alicyclic amines) is 1. The number of carbonyl (C=O) groups is 1. The first-order chi connectivity index (χ1) is 11.1. The highest BCUT2D eigenvalue weighted by atomic mass is 16.2. The molecule has 3 heterocycles. The Labute approximate surface area is 137 Å². The predicted molar refractivity (Wildman–Crippen MR) is 88.9 cm³/mol. The van der Waals surface area contributed by atoms with Crippen molar-refractivity contribution in [2.45, 2.75) is 45.6 Å². The number of amides is 1. The third kappa shape index (κ3) is 3.14. The zero-order valence-electron chi connectivity index (χ0n) is 14.1. The number of carbonyl (C=O) groups excluding carboxylic acids is 1. The van der Waals surface area contributed by atoms with Crippen molar-refractivity contribution in [3.05, 3.63) is 47.0 Å². The smallest absolute Gasteiger partial charge is 0.223 e. The number of hydrogen-bond acceptors (Lipinski definition) is 3. The minimum absolute atomic E-state index is 0.189. The van der Waals surface area contributed by atoms with Crippen LogP contribution >= 0.6 is 0 Å². The Balaban J connectivity index is 1.72. The van der Waals surface area contributed by atoms with E-state index in [4.69, 9.17) is 0 Å². The van der Waals surface area contributed by atoms with E-state index in [0.29, 0.717) is 6.42 Å². The van der Waals surface area contributed by atoms with Gasteiger partial charge in [-0.25, -0.2) is 0 Å². The maximum atomic E-state index is 12.7. The summed E-state index contributed by atoms with van der Waals surface area (Å²) in [6.07, 6.45) is 6.99. The van der Waals surface area contributed by atoms with Crippen LogP contribution in [0, 0.1) is 13.8 Å². The lowest BCUT2D eigenvalue weighted by atomic mass is 10.0. The molecule has 0 N–H and O–H groups in total. The van der Waals surface area contributed by atoms with Gasteiger partial charge in [0, 0.05) is 43.7 Å². The Morgan fingerprint density at radius 3 is 2.70 bits per heavy atom. The van der Waals surface area contributed by atoms with E-state index in [1.54, 1.807) is 12.4 Å². The monoisotopic (exact) mass is 312 g/mol. The molecule has 1 saturated heterocycles. The zero-order valence-corrected chi connectivity index (χ0v) is 14.1. The van der Waals surface area contributed by atoms with Gasteiger partial charge in [0.05, 0.1) is 11.7 Å². The van der Waals surface area contributed by atoms with Gasteiger partial charge in [0.25, 0.3) is 0 Å². The first kappa shape index (κ1) is 15.7. The highest BCUT2D eigenvalue weighted by Gasteiger charge is 2.33. The molecule has 1 aliphatic rings. The largest absolute Gasteiger partial charge is 0.336 e. The van der Waals surface area contributed by atoms with E-state index in [1.807, 2.05) is 30.8 Å². The van der Waals surface area contributed by atoms with Gasteiger partial charge in [-0.2, -0.15) is 5.10 Å². The van der Waals surface area contributed by atoms with Crippen LogP contribution in [0.15, 0.2) is 24.5 Å². The Hall–Kier alpha value is -2.17. The molecule has 0 bridgehead atoms. The van der Waals surface area contributed by atoms with Gasteiger partial charge in [0.15, 0.2) is 0 Å². The normalized spacial score (nSPS) is 17.7. The number of aryl methyl sites for hydroxylation is 3. The van der Waals surface area contributed by atoms with Gasteiger partial charge < -0.3 is 4.90 Å². The van der Waals surface area contributed by atoms with Gasteiger partial charge in [-0.05, 0) is 50.8 Å². The first-order valence-electron chi connectivity index (χ1n) is 8.26. The molecule has 3 rings (SSSR count). The van der Waals surface area contributed by atoms with Crippen molar-refractivity contribution in [3.8, 4) is 0 Å². The van der Waals surface area contributed by atoms with Gasteiger partial charge in [0.2, 0.25) is 5.91 Å². The van der Waals surface area contributed by atoms with Gasteiger partial charge in [-0.15, -0.1) is 0 Å². The molecule has 0 spiro atoms. The molecular formula is C18H24N4O. The minimum atomic E-state index is 0.189. The quantitative estimate of drug-likeness (QED) is 0.872. The van der Waals surface area contributed by atoms with Crippen molar-refractivity contribution in [1.29, 1.82) is 0 Å². The summed E-state index contributed by atoms with van der Waals surface area (Å²) < 4.78 is 1.92. The lowest BCUT2D eigenvalue weighted by Gasteiger charge is -2.25. The lowest BCUT2D eigenvalue weighted by Crippen LogP contribution is -2.31. The van der Waals surface area contributed by atoms with Crippen molar-refractivity contribution >= 4 is 5.91 Å². The highest BCUT2D eigenvalue weighted by molar-refractivity contribution is 5.77. The number of rotatable bonds is 4. The lowest BCUT2D eigenvalue weighted by molar-refractivity contribution is -0.132. The first-order valence-corrected chi connectivity index (χ1v) is 8.26. The third-order valence-electron chi connectivity index (χ3n) is 4.85. The molecule has 2 aromatic rings. The van der Waals surface area contributed by atoms with Crippen LogP contribution in [-0.4, -0.2) is 32.1 Å². The zero-order chi connectivity index (χ0) is 16.4. The van der Waals surface area contributed by atoms with Crippen LogP contribution in [0.3, 0.4) is 0 Å². The Bertz CT molecular complexity index is 693. The molecule has 1 amide bonds. The van der Waals surface area contributed by atoms with Crippen LogP contribution in [-0.2, 0) is 18.3 Å². The molecule has 0 saturated carbocycles. The molecule has 1 fully saturated rings. The van der Waals surface area contributed by atoms with Crippen molar-refractivity contribution in [2.24, 2.45) is 7.05 Å². The van der Waals surface area contributed by atoms with Gasteiger partial charge in [-0.3, -0.25) is 14.5 Å². The summed E-state index contributed by atoms with van der Waals surface area (Å²) in [5.74, 6) is 0.243. The standard InChI is InChI=1S/C18H24N4O/c1-13-18(14(2)21(3)20-13)16-5-4-12-22(16)17(23)7-6-15-8-10-19-11-9-15/h8-11,16H,4-7,12H2,1-3H3/t16-/m1/s1. The topological polar surface area (TPSA) is 51.0 Å². The van der Waals surface area contributed by atoms with E-state index in [2.05, 4.69) is 21.9 Å². The molecule has 1 atom stereocenters. The molecule has 2 aromatic heterocycles. The fourth-order valence-electron chi connectivity index (χ4n) is 3.58. The van der Waals surface area contributed by atoms with Gasteiger partial charge in [-0.1, -0.05) is 0 Å². The van der Waals surface area contributed by atoms with Gasteiger partial charge >= 0.3 is 0 Å². The summed E-state index contributed by atoms with van der Waals surface area (Å²) in [6.45, 7) is 4.99. The van der Waals surface area contributed by atoms with E-state index < -0.39 is 0 Å². The summed E-state index contributed by atoms with van der Waals surface area (Å²) in [5.41, 5.74) is 4.62. The number of hydrogen-bond donors (Lipinski definition) is 0. The van der Waals surface area contributed by atoms with E-state index in [1.165, 1.54) is 11.3 Å². The average Bonchev–Trinajstić information content (AvgIpc) is 3.11. The van der Waals surface area contributed by atoms with Crippen molar-refractivity contribution in [1.82, 2.24) is 19.7 Å². The average molecular weight is 312 g/mol. The third-order valence-corrected chi connectivity index (χ3v) is 4.85.